The number of amides is 2. The second-order valence-electron chi connectivity index (χ2n) is 4.98. The van der Waals surface area contributed by atoms with Crippen LogP contribution in [0.3, 0.4) is 0 Å². The van der Waals surface area contributed by atoms with E-state index in [-0.39, 0.29) is 12.6 Å². The molecule has 0 unspecified atom stereocenters. The van der Waals surface area contributed by atoms with Crippen molar-refractivity contribution in [2.75, 3.05) is 40.3 Å². The molecule has 0 aromatic rings. The van der Waals surface area contributed by atoms with E-state index >= 15 is 0 Å². The summed E-state index contributed by atoms with van der Waals surface area (Å²) in [6.07, 6.45) is 0.544. The summed E-state index contributed by atoms with van der Waals surface area (Å²) in [4.78, 5) is 25.7. The summed E-state index contributed by atoms with van der Waals surface area (Å²) in [7, 11) is 3.95. The number of piperidine rings is 1. The van der Waals surface area contributed by atoms with Gasteiger partial charge >= 0.3 is 12.2 Å². The van der Waals surface area contributed by atoms with Crippen LogP contribution in [-0.4, -0.2) is 73.5 Å². The summed E-state index contributed by atoms with van der Waals surface area (Å²) in [6, 6.07) is 0. The van der Waals surface area contributed by atoms with E-state index in [0.29, 0.717) is 13.1 Å². The Hall–Kier alpha value is -1.50. The van der Waals surface area contributed by atoms with Gasteiger partial charge in [0.1, 0.15) is 6.10 Å². The molecule has 0 saturated carbocycles. The molecule has 1 heterocycles. The average Bonchev–Trinajstić information content (AvgIpc) is 2.34. The van der Waals surface area contributed by atoms with Crippen molar-refractivity contribution in [3.05, 3.63) is 0 Å². The Morgan fingerprint density at radius 1 is 1.47 bits per heavy atom. The second kappa shape index (κ2) is 7.83. The summed E-state index contributed by atoms with van der Waals surface area (Å²) in [5, 5.41) is 11.6. The van der Waals surface area contributed by atoms with Crippen LogP contribution in [0.4, 0.5) is 9.59 Å². The van der Waals surface area contributed by atoms with Crippen LogP contribution in [0.25, 0.3) is 0 Å². The molecule has 0 aromatic carbocycles. The van der Waals surface area contributed by atoms with E-state index in [1.165, 1.54) is 4.90 Å². The third-order valence-corrected chi connectivity index (χ3v) is 2.97. The Bertz CT molecular complexity index is 309. The number of likely N-dealkylation sites (tertiary alicyclic amines) is 1. The molecule has 7 nitrogen and oxygen atoms in total. The van der Waals surface area contributed by atoms with E-state index in [4.69, 9.17) is 9.84 Å². The highest BCUT2D eigenvalue weighted by atomic mass is 16.6. The lowest BCUT2D eigenvalue weighted by molar-refractivity contribution is 0.0424. The second-order valence-corrected chi connectivity index (χ2v) is 4.98. The van der Waals surface area contributed by atoms with Gasteiger partial charge in [-0.25, -0.2) is 9.59 Å². The van der Waals surface area contributed by atoms with Gasteiger partial charge in [-0.3, -0.25) is 0 Å². The quantitative estimate of drug-likeness (QED) is 0.724. The number of nitrogens with one attached hydrogen (secondary N) is 1. The number of hydrogen-bond acceptors (Lipinski definition) is 4. The average molecular weight is 273 g/mol. The lowest BCUT2D eigenvalue weighted by Gasteiger charge is -2.30. The Labute approximate surface area is 113 Å². The minimum absolute atomic E-state index is 0.264. The van der Waals surface area contributed by atoms with Crippen LogP contribution >= 0.6 is 0 Å². The molecule has 2 N–H and O–H groups in total. The smallest absolute Gasteiger partial charge is 0.407 e. The largest absolute Gasteiger partial charge is 0.465 e. The third kappa shape index (κ3) is 6.28. The molecule has 1 rings (SSSR count). The Kier molecular flexibility index (Phi) is 6.41. The van der Waals surface area contributed by atoms with Gasteiger partial charge in [0.15, 0.2) is 0 Å². The monoisotopic (exact) mass is 273 g/mol. The molecule has 110 valence electrons. The highest BCUT2D eigenvalue weighted by molar-refractivity contribution is 5.68. The normalized spacial score (nSPS) is 19.3. The first-order valence-corrected chi connectivity index (χ1v) is 6.56. The van der Waals surface area contributed by atoms with E-state index in [2.05, 4.69) is 5.32 Å². The van der Waals surface area contributed by atoms with Crippen LogP contribution in [0.5, 0.6) is 0 Å². The summed E-state index contributed by atoms with van der Waals surface area (Å²) < 4.78 is 5.21. The fourth-order valence-corrected chi connectivity index (χ4v) is 1.99. The number of rotatable bonds is 5. The summed E-state index contributed by atoms with van der Waals surface area (Å²) in [5.41, 5.74) is 0. The fraction of sp³-hybridized carbons (Fsp3) is 0.833. The first-order chi connectivity index (χ1) is 8.99. The molecule has 0 radical (unpaired) electrons. The number of carboxylic acid groups (broad SMARTS) is 1. The highest BCUT2D eigenvalue weighted by Crippen LogP contribution is 2.13. The van der Waals surface area contributed by atoms with Crippen molar-refractivity contribution in [3.8, 4) is 0 Å². The summed E-state index contributed by atoms with van der Waals surface area (Å²) >= 11 is 0. The Balaban J connectivity index is 2.19. The van der Waals surface area contributed by atoms with Crippen molar-refractivity contribution in [2.45, 2.75) is 25.4 Å². The Morgan fingerprint density at radius 2 is 2.21 bits per heavy atom. The van der Waals surface area contributed by atoms with Gasteiger partial charge < -0.3 is 25.0 Å². The molecular formula is C12H23N3O4. The van der Waals surface area contributed by atoms with E-state index in [1.807, 2.05) is 19.0 Å². The van der Waals surface area contributed by atoms with Crippen LogP contribution in [0, 0.1) is 0 Å². The molecule has 7 heteroatoms. The van der Waals surface area contributed by atoms with Gasteiger partial charge in [-0.15, -0.1) is 0 Å². The van der Waals surface area contributed by atoms with Crippen molar-refractivity contribution in [2.24, 2.45) is 0 Å². The third-order valence-electron chi connectivity index (χ3n) is 2.97. The number of carbonyl (C=O) groups is 2. The maximum Gasteiger partial charge on any atom is 0.407 e. The van der Waals surface area contributed by atoms with Crippen LogP contribution in [-0.2, 0) is 4.74 Å². The molecule has 0 spiro atoms. The van der Waals surface area contributed by atoms with Gasteiger partial charge in [-0.05, 0) is 39.9 Å². The van der Waals surface area contributed by atoms with Gasteiger partial charge in [-0.2, -0.15) is 0 Å². The van der Waals surface area contributed by atoms with E-state index in [1.54, 1.807) is 0 Å². The zero-order chi connectivity index (χ0) is 14.3. The van der Waals surface area contributed by atoms with Gasteiger partial charge in [-0.1, -0.05) is 0 Å². The van der Waals surface area contributed by atoms with Crippen LogP contribution in [0.1, 0.15) is 19.3 Å². The topological polar surface area (TPSA) is 82.1 Å². The summed E-state index contributed by atoms with van der Waals surface area (Å²) in [5.74, 6) is 0. The highest BCUT2D eigenvalue weighted by Gasteiger charge is 2.25. The number of alkyl carbamates (subject to hydrolysis) is 1. The maximum atomic E-state index is 11.5. The molecule has 1 atom stereocenters. The SMILES string of the molecule is CN(C)CCCNC(=O)O[C@@H]1CCCN(C(=O)O)C1. The van der Waals surface area contributed by atoms with Crippen molar-refractivity contribution < 1.29 is 19.4 Å². The first kappa shape index (κ1) is 15.6. The van der Waals surface area contributed by atoms with Crippen LogP contribution in [0.2, 0.25) is 0 Å². The molecule has 1 fully saturated rings. The Morgan fingerprint density at radius 3 is 2.84 bits per heavy atom. The van der Waals surface area contributed by atoms with Gasteiger partial charge in [0.05, 0.1) is 6.54 Å². The molecule has 2 amide bonds. The lowest BCUT2D eigenvalue weighted by atomic mass is 10.1. The number of hydrogen-bond donors (Lipinski definition) is 2. The van der Waals surface area contributed by atoms with Gasteiger partial charge in [0.2, 0.25) is 0 Å². The molecule has 1 saturated heterocycles. The van der Waals surface area contributed by atoms with Crippen molar-refractivity contribution in [3.63, 3.8) is 0 Å². The maximum absolute atomic E-state index is 11.5. The number of ether oxygens (including phenoxy) is 1. The predicted octanol–water partition coefficient (Wildman–Crippen LogP) is 0.807. The first-order valence-electron chi connectivity index (χ1n) is 6.56. The minimum Gasteiger partial charge on any atom is -0.465 e. The van der Waals surface area contributed by atoms with E-state index < -0.39 is 12.2 Å². The van der Waals surface area contributed by atoms with Gasteiger partial charge in [0.25, 0.3) is 0 Å². The molecule has 19 heavy (non-hydrogen) atoms. The zero-order valence-corrected chi connectivity index (χ0v) is 11.6. The van der Waals surface area contributed by atoms with Crippen LogP contribution in [0.15, 0.2) is 0 Å². The summed E-state index contributed by atoms with van der Waals surface area (Å²) in [6.45, 7) is 2.24. The van der Waals surface area contributed by atoms with E-state index in [0.717, 1.165) is 25.8 Å². The van der Waals surface area contributed by atoms with Crippen molar-refractivity contribution in [1.29, 1.82) is 0 Å². The molecular weight excluding hydrogens is 250 g/mol. The zero-order valence-electron chi connectivity index (χ0n) is 11.6. The molecule has 1 aliphatic rings. The number of carbonyl (C=O) groups excluding carboxylic acids is 1. The lowest BCUT2D eigenvalue weighted by Crippen LogP contribution is -2.44. The van der Waals surface area contributed by atoms with Crippen LogP contribution < -0.4 is 5.32 Å². The van der Waals surface area contributed by atoms with Gasteiger partial charge in [0, 0.05) is 13.1 Å². The molecule has 0 aliphatic carbocycles. The predicted molar refractivity (Wildman–Crippen MR) is 70.3 cm³/mol. The molecule has 0 aromatic heterocycles. The number of nitrogens with zero attached hydrogens (tertiary/aromatic N) is 2. The van der Waals surface area contributed by atoms with E-state index in [9.17, 15) is 9.59 Å². The minimum atomic E-state index is -0.959. The standard InChI is InChI=1S/C12H23N3O4/c1-14(2)7-4-6-13-11(16)19-10-5-3-8-15(9-10)12(17)18/h10H,3-9H2,1-2H3,(H,13,16)(H,17,18)/t10-/m1/s1. The molecule has 0 bridgehead atoms. The van der Waals surface area contributed by atoms with Crippen molar-refractivity contribution >= 4 is 12.2 Å². The molecule has 1 aliphatic heterocycles. The van der Waals surface area contributed by atoms with Crippen molar-refractivity contribution in [1.82, 2.24) is 15.1 Å². The fourth-order valence-electron chi connectivity index (χ4n) is 1.99.